The Kier molecular flexibility index (Phi) is 6.16. The maximum atomic E-state index is 12.1. The molecule has 1 aromatic rings. The zero-order chi connectivity index (χ0) is 16.8. The molecule has 1 aliphatic rings. The molecule has 0 aromatic heterocycles. The predicted octanol–water partition coefficient (Wildman–Crippen LogP) is 2.66. The fourth-order valence-electron chi connectivity index (χ4n) is 2.69. The zero-order valence-corrected chi connectivity index (χ0v) is 14.2. The van der Waals surface area contributed by atoms with Crippen molar-refractivity contribution in [1.29, 1.82) is 0 Å². The van der Waals surface area contributed by atoms with Crippen LogP contribution in [0.2, 0.25) is 0 Å². The number of benzene rings is 1. The van der Waals surface area contributed by atoms with Gasteiger partial charge in [0.2, 0.25) is 11.8 Å². The molecular weight excluding hydrogens is 292 g/mol. The summed E-state index contributed by atoms with van der Waals surface area (Å²) in [5.41, 5.74) is 3.14. The Bertz CT molecular complexity index is 565. The number of carbonyl (C=O) groups is 2. The van der Waals surface area contributed by atoms with Gasteiger partial charge in [-0.05, 0) is 49.9 Å². The van der Waals surface area contributed by atoms with Crippen LogP contribution in [0.15, 0.2) is 18.2 Å². The first-order valence-corrected chi connectivity index (χ1v) is 8.20. The van der Waals surface area contributed by atoms with Crippen molar-refractivity contribution in [2.75, 3.05) is 25.0 Å². The van der Waals surface area contributed by atoms with Gasteiger partial charge in [0.1, 0.15) is 0 Å². The summed E-state index contributed by atoms with van der Waals surface area (Å²) < 4.78 is 5.57. The minimum Gasteiger partial charge on any atom is -0.376 e. The van der Waals surface area contributed by atoms with Crippen molar-refractivity contribution < 1.29 is 14.3 Å². The van der Waals surface area contributed by atoms with Crippen molar-refractivity contribution in [2.45, 2.75) is 46.1 Å². The number of carbonyl (C=O) groups excluding carboxylic acids is 2. The van der Waals surface area contributed by atoms with E-state index in [1.807, 2.05) is 32.0 Å². The van der Waals surface area contributed by atoms with E-state index in [0.717, 1.165) is 30.7 Å². The number of hydrogen-bond donors (Lipinski definition) is 1. The molecule has 1 heterocycles. The number of amides is 2. The normalized spacial score (nSPS) is 17.1. The topological polar surface area (TPSA) is 58.6 Å². The van der Waals surface area contributed by atoms with Crippen molar-refractivity contribution in [1.82, 2.24) is 4.90 Å². The van der Waals surface area contributed by atoms with E-state index in [2.05, 4.69) is 5.32 Å². The molecule has 23 heavy (non-hydrogen) atoms. The molecule has 0 radical (unpaired) electrons. The lowest BCUT2D eigenvalue weighted by molar-refractivity contribution is -0.130. The second-order valence-corrected chi connectivity index (χ2v) is 6.20. The van der Waals surface area contributed by atoms with Gasteiger partial charge in [-0.15, -0.1) is 0 Å². The lowest BCUT2D eigenvalue weighted by Crippen LogP contribution is -2.37. The molecule has 1 aliphatic heterocycles. The molecule has 2 rings (SSSR count). The van der Waals surface area contributed by atoms with Gasteiger partial charge in [0.15, 0.2) is 0 Å². The van der Waals surface area contributed by atoms with Crippen LogP contribution in [0, 0.1) is 13.8 Å². The summed E-state index contributed by atoms with van der Waals surface area (Å²) in [6.45, 7) is 7.36. The van der Waals surface area contributed by atoms with Gasteiger partial charge in [-0.25, -0.2) is 0 Å². The molecule has 0 saturated carbocycles. The van der Waals surface area contributed by atoms with Crippen LogP contribution in [-0.2, 0) is 14.3 Å². The third kappa shape index (κ3) is 5.36. The fraction of sp³-hybridized carbons (Fsp3) is 0.556. The van der Waals surface area contributed by atoms with Gasteiger partial charge in [0, 0.05) is 38.7 Å². The molecule has 1 N–H and O–H groups in total. The second-order valence-electron chi connectivity index (χ2n) is 6.20. The maximum absolute atomic E-state index is 12.1. The Morgan fingerprint density at radius 3 is 2.70 bits per heavy atom. The molecule has 0 spiro atoms. The Morgan fingerprint density at radius 1 is 1.30 bits per heavy atom. The monoisotopic (exact) mass is 318 g/mol. The van der Waals surface area contributed by atoms with E-state index in [4.69, 9.17) is 4.74 Å². The van der Waals surface area contributed by atoms with Crippen LogP contribution >= 0.6 is 0 Å². The average molecular weight is 318 g/mol. The van der Waals surface area contributed by atoms with Gasteiger partial charge in [-0.1, -0.05) is 6.07 Å². The van der Waals surface area contributed by atoms with E-state index in [9.17, 15) is 9.59 Å². The number of aryl methyl sites for hydroxylation is 2. The SMILES string of the molecule is CC(=O)N(CCC(=O)Nc1ccc(C)c(C)c1)CC1CCCO1. The van der Waals surface area contributed by atoms with Crippen LogP contribution < -0.4 is 5.32 Å². The molecule has 5 nitrogen and oxygen atoms in total. The van der Waals surface area contributed by atoms with Gasteiger partial charge in [-0.2, -0.15) is 0 Å². The fourth-order valence-corrected chi connectivity index (χ4v) is 2.69. The highest BCUT2D eigenvalue weighted by molar-refractivity contribution is 5.91. The summed E-state index contributed by atoms with van der Waals surface area (Å²) in [6.07, 6.45) is 2.43. The van der Waals surface area contributed by atoms with Crippen LogP contribution in [-0.4, -0.2) is 42.5 Å². The van der Waals surface area contributed by atoms with E-state index >= 15 is 0 Å². The van der Waals surface area contributed by atoms with Gasteiger partial charge in [0.05, 0.1) is 6.10 Å². The van der Waals surface area contributed by atoms with Crippen LogP contribution in [0.3, 0.4) is 0 Å². The number of ether oxygens (including phenoxy) is 1. The second kappa shape index (κ2) is 8.11. The lowest BCUT2D eigenvalue weighted by atomic mass is 10.1. The van der Waals surface area contributed by atoms with Crippen molar-refractivity contribution in [3.63, 3.8) is 0 Å². The van der Waals surface area contributed by atoms with Crippen LogP contribution in [0.4, 0.5) is 5.69 Å². The molecule has 126 valence electrons. The first-order valence-electron chi connectivity index (χ1n) is 8.20. The summed E-state index contributed by atoms with van der Waals surface area (Å²) in [4.78, 5) is 25.5. The quantitative estimate of drug-likeness (QED) is 0.877. The first-order chi connectivity index (χ1) is 11.0. The van der Waals surface area contributed by atoms with Crippen LogP contribution in [0.1, 0.15) is 37.3 Å². The van der Waals surface area contributed by atoms with E-state index < -0.39 is 0 Å². The minimum absolute atomic E-state index is 0.0144. The highest BCUT2D eigenvalue weighted by Crippen LogP contribution is 2.15. The summed E-state index contributed by atoms with van der Waals surface area (Å²) in [5.74, 6) is -0.0914. The smallest absolute Gasteiger partial charge is 0.226 e. The molecule has 0 bridgehead atoms. The van der Waals surface area contributed by atoms with Crippen LogP contribution in [0.5, 0.6) is 0 Å². The van der Waals surface area contributed by atoms with Crippen LogP contribution in [0.25, 0.3) is 0 Å². The number of rotatable bonds is 6. The van der Waals surface area contributed by atoms with E-state index in [-0.39, 0.29) is 17.9 Å². The highest BCUT2D eigenvalue weighted by atomic mass is 16.5. The molecule has 1 aromatic carbocycles. The first kappa shape index (κ1) is 17.5. The number of hydrogen-bond acceptors (Lipinski definition) is 3. The molecule has 1 saturated heterocycles. The van der Waals surface area contributed by atoms with Crippen molar-refractivity contribution >= 4 is 17.5 Å². The lowest BCUT2D eigenvalue weighted by Gasteiger charge is -2.24. The third-order valence-electron chi connectivity index (χ3n) is 4.29. The Balaban J connectivity index is 1.83. The molecule has 1 unspecified atom stereocenters. The largest absolute Gasteiger partial charge is 0.376 e. The summed E-state index contributed by atoms with van der Waals surface area (Å²) in [7, 11) is 0. The summed E-state index contributed by atoms with van der Waals surface area (Å²) in [6, 6.07) is 5.85. The maximum Gasteiger partial charge on any atom is 0.226 e. The molecule has 5 heteroatoms. The van der Waals surface area contributed by atoms with Crippen molar-refractivity contribution in [3.8, 4) is 0 Å². The van der Waals surface area contributed by atoms with E-state index in [0.29, 0.717) is 19.5 Å². The Morgan fingerprint density at radius 2 is 2.09 bits per heavy atom. The average Bonchev–Trinajstić information content (AvgIpc) is 3.00. The molecule has 1 fully saturated rings. The summed E-state index contributed by atoms with van der Waals surface area (Å²) in [5, 5.41) is 2.89. The summed E-state index contributed by atoms with van der Waals surface area (Å²) >= 11 is 0. The number of nitrogens with one attached hydrogen (secondary N) is 1. The van der Waals surface area contributed by atoms with Crippen molar-refractivity contribution in [2.24, 2.45) is 0 Å². The third-order valence-corrected chi connectivity index (χ3v) is 4.29. The van der Waals surface area contributed by atoms with E-state index in [1.54, 1.807) is 4.90 Å². The van der Waals surface area contributed by atoms with E-state index in [1.165, 1.54) is 12.5 Å². The molecule has 0 aliphatic carbocycles. The zero-order valence-electron chi connectivity index (χ0n) is 14.2. The van der Waals surface area contributed by atoms with Gasteiger partial charge in [-0.3, -0.25) is 9.59 Å². The molecule has 2 amide bonds. The van der Waals surface area contributed by atoms with Gasteiger partial charge in [0.25, 0.3) is 0 Å². The molecular formula is C18H26N2O3. The van der Waals surface area contributed by atoms with Gasteiger partial charge < -0.3 is 15.0 Å². The number of anilines is 1. The number of nitrogens with zero attached hydrogens (tertiary/aromatic N) is 1. The Hall–Kier alpha value is -1.88. The Labute approximate surface area is 138 Å². The highest BCUT2D eigenvalue weighted by Gasteiger charge is 2.21. The molecule has 1 atom stereocenters. The van der Waals surface area contributed by atoms with Gasteiger partial charge >= 0.3 is 0 Å². The van der Waals surface area contributed by atoms with Crippen molar-refractivity contribution in [3.05, 3.63) is 29.3 Å². The minimum atomic E-state index is -0.0770. The predicted molar refractivity (Wildman–Crippen MR) is 90.4 cm³/mol. The standard InChI is InChI=1S/C18H26N2O3/c1-13-6-7-16(11-14(13)2)19-18(22)8-9-20(15(3)21)12-17-5-4-10-23-17/h6-7,11,17H,4-5,8-10,12H2,1-3H3,(H,19,22).